The molecule has 17 heavy (non-hydrogen) atoms. The fourth-order valence-corrected chi connectivity index (χ4v) is 3.46. The molecule has 1 saturated heterocycles. The standard InChI is InChI=1S/C11H16BF3O2/c1-8(2)6-16-12(17-7-8)10-3-9(4-10,5-10)11(13,14)15/h3-7H2,1-2H3. The smallest absolute Gasteiger partial charge is 0.410 e. The Labute approximate surface area is 99.0 Å². The molecule has 3 aliphatic carbocycles. The number of hydrogen-bond acceptors (Lipinski definition) is 2. The van der Waals surface area contributed by atoms with Crippen molar-refractivity contribution in [1.29, 1.82) is 0 Å². The van der Waals surface area contributed by atoms with Crippen molar-refractivity contribution in [2.75, 3.05) is 13.2 Å². The lowest BCUT2D eigenvalue weighted by Crippen LogP contribution is -2.70. The van der Waals surface area contributed by atoms with Crippen LogP contribution in [0.5, 0.6) is 0 Å². The third kappa shape index (κ3) is 1.49. The molecule has 0 aromatic heterocycles. The van der Waals surface area contributed by atoms with Crippen LogP contribution in [0.3, 0.4) is 0 Å². The van der Waals surface area contributed by atoms with Crippen molar-refractivity contribution < 1.29 is 22.5 Å². The molecule has 4 fully saturated rings. The van der Waals surface area contributed by atoms with E-state index in [1.807, 2.05) is 13.8 Å². The third-order valence-electron chi connectivity index (χ3n) is 4.42. The van der Waals surface area contributed by atoms with E-state index in [-0.39, 0.29) is 30.0 Å². The summed E-state index contributed by atoms with van der Waals surface area (Å²) in [5, 5.41) is -0.341. The van der Waals surface area contributed by atoms with Gasteiger partial charge in [0.05, 0.1) is 5.41 Å². The summed E-state index contributed by atoms with van der Waals surface area (Å²) < 4.78 is 49.3. The Morgan fingerprint density at radius 2 is 1.47 bits per heavy atom. The topological polar surface area (TPSA) is 18.5 Å². The van der Waals surface area contributed by atoms with Crippen LogP contribution in [0.4, 0.5) is 13.2 Å². The van der Waals surface area contributed by atoms with Crippen molar-refractivity contribution in [3.63, 3.8) is 0 Å². The second kappa shape index (κ2) is 3.02. The largest absolute Gasteiger partial charge is 0.463 e. The summed E-state index contributed by atoms with van der Waals surface area (Å²) in [6.07, 6.45) is -3.49. The van der Waals surface area contributed by atoms with Gasteiger partial charge in [-0.05, 0) is 19.3 Å². The fraction of sp³-hybridized carbons (Fsp3) is 1.00. The van der Waals surface area contributed by atoms with Crippen LogP contribution in [0.2, 0.25) is 5.31 Å². The summed E-state index contributed by atoms with van der Waals surface area (Å²) in [4.78, 5) is 0. The molecule has 1 heterocycles. The number of rotatable bonds is 1. The minimum Gasteiger partial charge on any atom is -0.410 e. The first kappa shape index (κ1) is 11.8. The molecule has 2 nitrogen and oxygen atoms in total. The highest BCUT2D eigenvalue weighted by molar-refractivity contribution is 6.50. The van der Waals surface area contributed by atoms with Gasteiger partial charge in [0.25, 0.3) is 0 Å². The maximum atomic E-state index is 12.7. The van der Waals surface area contributed by atoms with Gasteiger partial charge in [-0.1, -0.05) is 13.8 Å². The second-order valence-electron chi connectivity index (χ2n) is 6.79. The summed E-state index contributed by atoms with van der Waals surface area (Å²) >= 11 is 0. The first-order valence-corrected chi connectivity index (χ1v) is 5.98. The van der Waals surface area contributed by atoms with Crippen molar-refractivity contribution in [2.45, 2.75) is 44.6 Å². The molecule has 1 aliphatic heterocycles. The van der Waals surface area contributed by atoms with Crippen LogP contribution >= 0.6 is 0 Å². The molecule has 0 amide bonds. The van der Waals surface area contributed by atoms with Gasteiger partial charge in [-0.2, -0.15) is 13.2 Å². The minimum atomic E-state index is -4.05. The second-order valence-corrected chi connectivity index (χ2v) is 6.79. The average molecular weight is 248 g/mol. The zero-order valence-electron chi connectivity index (χ0n) is 10.1. The molecule has 3 saturated carbocycles. The quantitative estimate of drug-likeness (QED) is 0.664. The maximum absolute atomic E-state index is 12.7. The van der Waals surface area contributed by atoms with E-state index in [4.69, 9.17) is 9.31 Å². The van der Waals surface area contributed by atoms with Crippen LogP contribution in [-0.4, -0.2) is 26.5 Å². The van der Waals surface area contributed by atoms with Gasteiger partial charge in [0.2, 0.25) is 0 Å². The van der Waals surface area contributed by atoms with E-state index < -0.39 is 18.7 Å². The molecule has 2 bridgehead atoms. The predicted molar refractivity (Wildman–Crippen MR) is 56.5 cm³/mol. The van der Waals surface area contributed by atoms with Crippen LogP contribution in [0.15, 0.2) is 0 Å². The third-order valence-corrected chi connectivity index (χ3v) is 4.42. The molecule has 0 aromatic carbocycles. The van der Waals surface area contributed by atoms with E-state index in [0.717, 1.165) is 0 Å². The maximum Gasteiger partial charge on any atom is 0.463 e. The normalized spacial score (nSPS) is 43.9. The van der Waals surface area contributed by atoms with Crippen molar-refractivity contribution in [2.24, 2.45) is 10.8 Å². The molecular formula is C11H16BF3O2. The summed E-state index contributed by atoms with van der Waals surface area (Å²) in [6, 6.07) is 0. The van der Waals surface area contributed by atoms with E-state index in [0.29, 0.717) is 13.2 Å². The Balaban J connectivity index is 1.61. The molecule has 4 rings (SSSR count). The first-order chi connectivity index (χ1) is 7.68. The molecule has 4 aliphatic rings. The van der Waals surface area contributed by atoms with E-state index in [2.05, 4.69) is 0 Å². The summed E-state index contributed by atoms with van der Waals surface area (Å²) in [5.41, 5.74) is -1.44. The van der Waals surface area contributed by atoms with Gasteiger partial charge in [-0.3, -0.25) is 0 Å². The van der Waals surface area contributed by atoms with Crippen molar-refractivity contribution >= 4 is 7.12 Å². The van der Waals surface area contributed by atoms with Gasteiger partial charge in [0.15, 0.2) is 0 Å². The molecular weight excluding hydrogens is 232 g/mol. The zero-order chi connectivity index (χ0) is 12.5. The zero-order valence-corrected chi connectivity index (χ0v) is 10.1. The van der Waals surface area contributed by atoms with Gasteiger partial charge >= 0.3 is 13.3 Å². The lowest BCUT2D eigenvalue weighted by molar-refractivity contribution is -0.324. The van der Waals surface area contributed by atoms with Gasteiger partial charge in [-0.25, -0.2) is 0 Å². The molecule has 96 valence electrons. The lowest BCUT2D eigenvalue weighted by Gasteiger charge is -2.71. The monoisotopic (exact) mass is 248 g/mol. The molecule has 6 heteroatoms. The Morgan fingerprint density at radius 3 is 1.88 bits per heavy atom. The Hall–Kier alpha value is -0.225. The summed E-state index contributed by atoms with van der Waals surface area (Å²) in [7, 11) is -0.417. The highest BCUT2D eigenvalue weighted by Crippen LogP contribution is 2.84. The fourth-order valence-electron chi connectivity index (χ4n) is 3.46. The van der Waals surface area contributed by atoms with Crippen molar-refractivity contribution in [3.05, 3.63) is 0 Å². The van der Waals surface area contributed by atoms with E-state index in [9.17, 15) is 13.2 Å². The first-order valence-electron chi connectivity index (χ1n) is 5.98. The lowest BCUT2D eigenvalue weighted by atomic mass is 9.24. The minimum absolute atomic E-state index is 0.0260. The van der Waals surface area contributed by atoms with Crippen LogP contribution in [0.1, 0.15) is 33.1 Å². The Morgan fingerprint density at radius 1 is 1.00 bits per heavy atom. The summed E-state index contributed by atoms with van der Waals surface area (Å²) in [5.74, 6) is 0. The van der Waals surface area contributed by atoms with Gasteiger partial charge in [0, 0.05) is 23.9 Å². The van der Waals surface area contributed by atoms with E-state index >= 15 is 0 Å². The average Bonchev–Trinajstić information content (AvgIpc) is 2.00. The highest BCUT2D eigenvalue weighted by Gasteiger charge is 2.82. The predicted octanol–water partition coefficient (Wildman–Crippen LogP) is 3.03. The molecule has 0 atom stereocenters. The van der Waals surface area contributed by atoms with Gasteiger partial charge < -0.3 is 9.31 Å². The molecule has 0 N–H and O–H groups in total. The van der Waals surface area contributed by atoms with Crippen molar-refractivity contribution in [1.82, 2.24) is 0 Å². The number of hydrogen-bond donors (Lipinski definition) is 0. The SMILES string of the molecule is CC1(C)COB(C23CC(C(F)(F)F)(C2)C3)OC1. The summed E-state index contributed by atoms with van der Waals surface area (Å²) in [6.45, 7) is 5.20. The van der Waals surface area contributed by atoms with E-state index in [1.54, 1.807) is 0 Å². The van der Waals surface area contributed by atoms with Gasteiger partial charge in [0.1, 0.15) is 0 Å². The van der Waals surface area contributed by atoms with E-state index in [1.165, 1.54) is 0 Å². The molecule has 0 radical (unpaired) electrons. The van der Waals surface area contributed by atoms with Crippen LogP contribution in [-0.2, 0) is 9.31 Å². The van der Waals surface area contributed by atoms with Crippen LogP contribution in [0.25, 0.3) is 0 Å². The molecule has 0 spiro atoms. The Kier molecular flexibility index (Phi) is 2.10. The number of alkyl halides is 3. The van der Waals surface area contributed by atoms with Crippen molar-refractivity contribution in [3.8, 4) is 0 Å². The molecule has 0 unspecified atom stereocenters. The van der Waals surface area contributed by atoms with Crippen LogP contribution < -0.4 is 0 Å². The van der Waals surface area contributed by atoms with Gasteiger partial charge in [-0.15, -0.1) is 0 Å². The number of halogens is 3. The Bertz CT molecular complexity index is 323. The molecule has 0 aromatic rings. The highest BCUT2D eigenvalue weighted by atomic mass is 19.4. The van der Waals surface area contributed by atoms with Crippen LogP contribution in [0, 0.1) is 10.8 Å².